The number of hydrogen-bond donors (Lipinski definition) is 1. The Kier molecular flexibility index (Phi) is 4.10. The number of piperidine rings is 1. The first-order valence-corrected chi connectivity index (χ1v) is 7.07. The Labute approximate surface area is 120 Å². The van der Waals surface area contributed by atoms with Crippen LogP contribution in [0.3, 0.4) is 0 Å². The minimum absolute atomic E-state index is 0.438. The Balaban J connectivity index is 2.33. The van der Waals surface area contributed by atoms with E-state index in [4.69, 9.17) is 18.0 Å². The summed E-state index contributed by atoms with van der Waals surface area (Å²) in [7, 11) is 6.23. The summed E-state index contributed by atoms with van der Waals surface area (Å²) >= 11 is 5.19. The summed E-state index contributed by atoms with van der Waals surface area (Å²) in [6.45, 7) is 4.01. The summed E-state index contributed by atoms with van der Waals surface area (Å²) < 4.78 is 1.90. The standard InChI is InChI=1S/C13H23N5S/c1-9-11(12(14)19)13(17(4)15-9)18-7-5-6-10(8-18)16(2)3/h10H,5-8H2,1-4H3,(H2,14,19). The molecule has 0 saturated carbocycles. The van der Waals surface area contributed by atoms with Gasteiger partial charge in [-0.15, -0.1) is 0 Å². The van der Waals surface area contributed by atoms with Crippen LogP contribution in [0.2, 0.25) is 0 Å². The van der Waals surface area contributed by atoms with Crippen LogP contribution in [-0.4, -0.2) is 52.9 Å². The van der Waals surface area contributed by atoms with Crippen LogP contribution in [0.15, 0.2) is 0 Å². The van der Waals surface area contributed by atoms with Crippen LogP contribution in [-0.2, 0) is 7.05 Å². The number of hydrogen-bond acceptors (Lipinski definition) is 4. The van der Waals surface area contributed by atoms with E-state index in [1.54, 1.807) is 0 Å². The number of aromatic nitrogens is 2. The highest BCUT2D eigenvalue weighted by Gasteiger charge is 2.27. The molecule has 1 atom stereocenters. The molecule has 6 heteroatoms. The Morgan fingerprint density at radius 1 is 1.47 bits per heavy atom. The molecule has 1 aromatic heterocycles. The minimum Gasteiger partial charge on any atom is -0.389 e. The maximum atomic E-state index is 5.87. The summed E-state index contributed by atoms with van der Waals surface area (Å²) in [4.78, 5) is 5.09. The van der Waals surface area contributed by atoms with Gasteiger partial charge < -0.3 is 15.5 Å². The number of anilines is 1. The fourth-order valence-electron chi connectivity index (χ4n) is 2.87. The second-order valence-electron chi connectivity index (χ2n) is 5.48. The Hall–Kier alpha value is -1.14. The minimum atomic E-state index is 0.438. The lowest BCUT2D eigenvalue weighted by molar-refractivity contribution is 0.257. The van der Waals surface area contributed by atoms with Crippen molar-refractivity contribution in [2.75, 3.05) is 32.1 Å². The molecule has 1 aromatic rings. The van der Waals surface area contributed by atoms with Crippen molar-refractivity contribution in [2.45, 2.75) is 25.8 Å². The summed E-state index contributed by atoms with van der Waals surface area (Å²) in [6, 6.07) is 0.572. The van der Waals surface area contributed by atoms with E-state index in [0.29, 0.717) is 11.0 Å². The fraction of sp³-hybridized carbons (Fsp3) is 0.692. The zero-order valence-electron chi connectivity index (χ0n) is 12.2. The third kappa shape index (κ3) is 2.74. The lowest BCUT2D eigenvalue weighted by Gasteiger charge is -2.37. The Morgan fingerprint density at radius 3 is 2.74 bits per heavy atom. The van der Waals surface area contributed by atoms with Crippen molar-refractivity contribution in [3.05, 3.63) is 11.3 Å². The van der Waals surface area contributed by atoms with Crippen molar-refractivity contribution < 1.29 is 0 Å². The molecule has 1 saturated heterocycles. The van der Waals surface area contributed by atoms with Crippen LogP contribution < -0.4 is 10.6 Å². The molecule has 0 aliphatic carbocycles. The molecule has 0 spiro atoms. The summed E-state index contributed by atoms with van der Waals surface area (Å²) in [5.41, 5.74) is 7.71. The summed E-state index contributed by atoms with van der Waals surface area (Å²) in [5, 5.41) is 4.47. The Bertz CT molecular complexity index is 480. The average Bonchev–Trinajstić information content (AvgIpc) is 2.64. The lowest BCUT2D eigenvalue weighted by atomic mass is 10.0. The van der Waals surface area contributed by atoms with Crippen molar-refractivity contribution in [3.8, 4) is 0 Å². The molecule has 2 N–H and O–H groups in total. The van der Waals surface area contributed by atoms with E-state index in [1.807, 2.05) is 18.7 Å². The second-order valence-corrected chi connectivity index (χ2v) is 5.92. The number of nitrogens with two attached hydrogens (primary N) is 1. The van der Waals surface area contributed by atoms with Crippen LogP contribution in [0.1, 0.15) is 24.1 Å². The molecule has 19 heavy (non-hydrogen) atoms. The molecule has 1 aliphatic rings. The summed E-state index contributed by atoms with van der Waals surface area (Å²) in [5.74, 6) is 1.07. The molecule has 106 valence electrons. The first-order chi connectivity index (χ1) is 8.91. The predicted octanol–water partition coefficient (Wildman–Crippen LogP) is 0.893. The van der Waals surface area contributed by atoms with Crippen LogP contribution in [0.4, 0.5) is 5.82 Å². The van der Waals surface area contributed by atoms with E-state index in [1.165, 1.54) is 12.8 Å². The highest BCUT2D eigenvalue weighted by molar-refractivity contribution is 7.80. The van der Waals surface area contributed by atoms with Gasteiger partial charge >= 0.3 is 0 Å². The maximum Gasteiger partial charge on any atom is 0.137 e. The first-order valence-electron chi connectivity index (χ1n) is 6.66. The predicted molar refractivity (Wildman–Crippen MR) is 82.8 cm³/mol. The quantitative estimate of drug-likeness (QED) is 0.834. The molecule has 5 nitrogen and oxygen atoms in total. The van der Waals surface area contributed by atoms with Crippen molar-refractivity contribution in [3.63, 3.8) is 0 Å². The number of likely N-dealkylation sites (N-methyl/N-ethyl adjacent to an activating group) is 1. The fourth-order valence-corrected chi connectivity index (χ4v) is 3.10. The van der Waals surface area contributed by atoms with Gasteiger partial charge in [-0.1, -0.05) is 12.2 Å². The lowest BCUT2D eigenvalue weighted by Crippen LogP contribution is -2.46. The van der Waals surface area contributed by atoms with Gasteiger partial charge in [-0.3, -0.25) is 4.68 Å². The third-order valence-corrected chi connectivity index (χ3v) is 4.07. The van der Waals surface area contributed by atoms with Crippen molar-refractivity contribution >= 4 is 23.0 Å². The van der Waals surface area contributed by atoms with Crippen molar-refractivity contribution in [1.29, 1.82) is 0 Å². The first kappa shape index (κ1) is 14.3. The summed E-state index contributed by atoms with van der Waals surface area (Å²) in [6.07, 6.45) is 2.42. The van der Waals surface area contributed by atoms with Gasteiger partial charge in [0.15, 0.2) is 0 Å². The molecule has 1 aliphatic heterocycles. The molecular weight excluding hydrogens is 258 g/mol. The average molecular weight is 281 g/mol. The van der Waals surface area contributed by atoms with Gasteiger partial charge in [-0.2, -0.15) is 5.10 Å². The smallest absolute Gasteiger partial charge is 0.137 e. The molecule has 1 fully saturated rings. The van der Waals surface area contributed by atoms with Crippen LogP contribution in [0, 0.1) is 6.92 Å². The number of thiocarbonyl (C=S) groups is 1. The van der Waals surface area contributed by atoms with Gasteiger partial charge in [-0.25, -0.2) is 0 Å². The van der Waals surface area contributed by atoms with E-state index < -0.39 is 0 Å². The van der Waals surface area contributed by atoms with Crippen LogP contribution in [0.5, 0.6) is 0 Å². The maximum absolute atomic E-state index is 5.87. The van der Waals surface area contributed by atoms with Gasteiger partial charge in [0.1, 0.15) is 10.8 Å². The van der Waals surface area contributed by atoms with E-state index in [9.17, 15) is 0 Å². The highest BCUT2D eigenvalue weighted by Crippen LogP contribution is 2.27. The van der Waals surface area contributed by atoms with Gasteiger partial charge in [0.2, 0.25) is 0 Å². The third-order valence-electron chi connectivity index (χ3n) is 3.86. The highest BCUT2D eigenvalue weighted by atomic mass is 32.1. The molecule has 0 amide bonds. The molecular formula is C13H23N5S. The molecule has 2 heterocycles. The molecule has 0 aromatic carbocycles. The van der Waals surface area contributed by atoms with Crippen LogP contribution >= 0.6 is 12.2 Å². The SMILES string of the molecule is Cc1nn(C)c(N2CCCC(N(C)C)C2)c1C(N)=S. The van der Waals surface area contributed by atoms with Crippen molar-refractivity contribution in [1.82, 2.24) is 14.7 Å². The normalized spacial score (nSPS) is 20.1. The number of aryl methyl sites for hydroxylation is 2. The zero-order valence-corrected chi connectivity index (χ0v) is 13.0. The zero-order chi connectivity index (χ0) is 14.2. The molecule has 0 bridgehead atoms. The van der Waals surface area contributed by atoms with Gasteiger partial charge in [-0.05, 0) is 33.9 Å². The Morgan fingerprint density at radius 2 is 2.16 bits per heavy atom. The second kappa shape index (κ2) is 5.46. The number of nitrogens with zero attached hydrogens (tertiary/aromatic N) is 4. The molecule has 1 unspecified atom stereocenters. The monoisotopic (exact) mass is 281 g/mol. The van der Waals surface area contributed by atoms with Gasteiger partial charge in [0.05, 0.1) is 11.3 Å². The van der Waals surface area contributed by atoms with Gasteiger partial charge in [0.25, 0.3) is 0 Å². The largest absolute Gasteiger partial charge is 0.389 e. The van der Waals surface area contributed by atoms with E-state index in [2.05, 4.69) is 29.0 Å². The van der Waals surface area contributed by atoms with E-state index in [-0.39, 0.29) is 0 Å². The van der Waals surface area contributed by atoms with Crippen LogP contribution in [0.25, 0.3) is 0 Å². The van der Waals surface area contributed by atoms with E-state index in [0.717, 1.165) is 30.2 Å². The van der Waals surface area contributed by atoms with Gasteiger partial charge in [0, 0.05) is 26.2 Å². The molecule has 2 rings (SSSR count). The molecule has 0 radical (unpaired) electrons. The topological polar surface area (TPSA) is 50.3 Å². The van der Waals surface area contributed by atoms with E-state index >= 15 is 0 Å². The number of rotatable bonds is 3. The van der Waals surface area contributed by atoms with Crippen molar-refractivity contribution in [2.24, 2.45) is 12.8 Å².